The number of rotatable bonds is 1. The molecular weight excluding hydrogens is 144 g/mol. The highest BCUT2D eigenvalue weighted by Gasteiger charge is 2.20. The van der Waals surface area contributed by atoms with Gasteiger partial charge in [-0.2, -0.15) is 0 Å². The van der Waals surface area contributed by atoms with Gasteiger partial charge in [0.25, 0.3) is 0 Å². The first-order valence-corrected chi connectivity index (χ1v) is 4.85. The van der Waals surface area contributed by atoms with E-state index in [1.807, 2.05) is 0 Å². The predicted molar refractivity (Wildman–Crippen MR) is 52.5 cm³/mol. The van der Waals surface area contributed by atoms with Crippen molar-refractivity contribution in [2.75, 3.05) is 0 Å². The maximum atomic E-state index is 2.30. The molecular formula is C12H16. The smallest absolute Gasteiger partial charge is 0.0159 e. The maximum Gasteiger partial charge on any atom is -0.0159 e. The van der Waals surface area contributed by atoms with Crippen LogP contribution in [0.15, 0.2) is 18.2 Å². The summed E-state index contributed by atoms with van der Waals surface area (Å²) in [6, 6.07) is 6.69. The van der Waals surface area contributed by atoms with Gasteiger partial charge >= 0.3 is 0 Å². The van der Waals surface area contributed by atoms with Crippen molar-refractivity contribution >= 4 is 0 Å². The van der Waals surface area contributed by atoms with Crippen molar-refractivity contribution in [1.82, 2.24) is 0 Å². The van der Waals surface area contributed by atoms with Crippen molar-refractivity contribution in [3.63, 3.8) is 0 Å². The van der Waals surface area contributed by atoms with Gasteiger partial charge in [-0.15, -0.1) is 0 Å². The van der Waals surface area contributed by atoms with Crippen LogP contribution in [0.3, 0.4) is 0 Å². The molecule has 1 aromatic rings. The first-order valence-electron chi connectivity index (χ1n) is 4.85. The number of benzene rings is 1. The SMILES string of the molecule is Cc1cccc(C2CCC2)c1C. The summed E-state index contributed by atoms with van der Waals surface area (Å²) < 4.78 is 0. The van der Waals surface area contributed by atoms with E-state index in [9.17, 15) is 0 Å². The summed E-state index contributed by atoms with van der Waals surface area (Å²) in [4.78, 5) is 0. The Kier molecular flexibility index (Phi) is 1.92. The molecule has 0 spiro atoms. The number of hydrogen-bond acceptors (Lipinski definition) is 0. The molecule has 1 aromatic carbocycles. The first-order chi connectivity index (χ1) is 5.79. The van der Waals surface area contributed by atoms with Crippen molar-refractivity contribution in [3.8, 4) is 0 Å². The van der Waals surface area contributed by atoms with Gasteiger partial charge in [0.15, 0.2) is 0 Å². The second-order valence-corrected chi connectivity index (χ2v) is 3.92. The lowest BCUT2D eigenvalue weighted by Gasteiger charge is -2.27. The Morgan fingerprint density at radius 1 is 1.17 bits per heavy atom. The molecule has 0 bridgehead atoms. The third-order valence-corrected chi connectivity index (χ3v) is 3.19. The van der Waals surface area contributed by atoms with Gasteiger partial charge in [-0.1, -0.05) is 24.6 Å². The minimum absolute atomic E-state index is 0.880. The molecule has 0 radical (unpaired) electrons. The van der Waals surface area contributed by atoms with E-state index < -0.39 is 0 Å². The molecule has 0 nitrogen and oxygen atoms in total. The molecule has 1 aliphatic carbocycles. The van der Waals surface area contributed by atoms with Gasteiger partial charge in [0.05, 0.1) is 0 Å². The highest BCUT2D eigenvalue weighted by Crippen LogP contribution is 2.38. The molecule has 0 heteroatoms. The molecule has 0 unspecified atom stereocenters. The Morgan fingerprint density at radius 3 is 2.50 bits per heavy atom. The Morgan fingerprint density at radius 2 is 1.92 bits per heavy atom. The largest absolute Gasteiger partial charge is 0.0617 e. The van der Waals surface area contributed by atoms with Crippen LogP contribution in [0.1, 0.15) is 41.9 Å². The molecule has 1 aliphatic rings. The quantitative estimate of drug-likeness (QED) is 0.589. The predicted octanol–water partition coefficient (Wildman–Crippen LogP) is 3.57. The number of aryl methyl sites for hydroxylation is 1. The average Bonchev–Trinajstić information content (AvgIpc) is 1.95. The van der Waals surface area contributed by atoms with E-state index in [1.165, 1.54) is 30.4 Å². The first kappa shape index (κ1) is 7.85. The summed E-state index contributed by atoms with van der Waals surface area (Å²) in [5.74, 6) is 0.880. The lowest BCUT2D eigenvalue weighted by molar-refractivity contribution is 0.418. The van der Waals surface area contributed by atoms with Crippen LogP contribution in [0.25, 0.3) is 0 Å². The summed E-state index contributed by atoms with van der Waals surface area (Å²) >= 11 is 0. The van der Waals surface area contributed by atoms with Gasteiger partial charge < -0.3 is 0 Å². The molecule has 1 saturated carbocycles. The molecule has 0 heterocycles. The van der Waals surface area contributed by atoms with Crippen LogP contribution in [-0.4, -0.2) is 0 Å². The van der Waals surface area contributed by atoms with Gasteiger partial charge in [0.2, 0.25) is 0 Å². The highest BCUT2D eigenvalue weighted by molar-refractivity contribution is 5.36. The third kappa shape index (κ3) is 1.16. The van der Waals surface area contributed by atoms with E-state index in [1.54, 1.807) is 5.56 Å². The molecule has 0 amide bonds. The van der Waals surface area contributed by atoms with E-state index in [2.05, 4.69) is 32.0 Å². The molecule has 0 aromatic heterocycles. The second kappa shape index (κ2) is 2.93. The van der Waals surface area contributed by atoms with Gasteiger partial charge in [-0.25, -0.2) is 0 Å². The minimum atomic E-state index is 0.880. The van der Waals surface area contributed by atoms with E-state index in [4.69, 9.17) is 0 Å². The topological polar surface area (TPSA) is 0 Å². The lowest BCUT2D eigenvalue weighted by atomic mass is 9.78. The van der Waals surface area contributed by atoms with Crippen molar-refractivity contribution in [2.45, 2.75) is 39.0 Å². The Labute approximate surface area is 74.6 Å². The fourth-order valence-corrected chi connectivity index (χ4v) is 1.94. The summed E-state index contributed by atoms with van der Waals surface area (Å²) in [5.41, 5.74) is 4.56. The van der Waals surface area contributed by atoms with Gasteiger partial charge in [0, 0.05) is 0 Å². The molecule has 1 fully saturated rings. The summed E-state index contributed by atoms with van der Waals surface area (Å²) in [6.07, 6.45) is 4.24. The van der Waals surface area contributed by atoms with E-state index in [-0.39, 0.29) is 0 Å². The Hall–Kier alpha value is -0.780. The second-order valence-electron chi connectivity index (χ2n) is 3.92. The Balaban J connectivity index is 2.36. The minimum Gasteiger partial charge on any atom is -0.0617 e. The lowest BCUT2D eigenvalue weighted by Crippen LogP contribution is -2.10. The molecule has 0 saturated heterocycles. The summed E-state index contributed by atoms with van der Waals surface area (Å²) in [7, 11) is 0. The zero-order valence-electron chi connectivity index (χ0n) is 7.93. The van der Waals surface area contributed by atoms with Crippen LogP contribution in [0.2, 0.25) is 0 Å². The molecule has 0 N–H and O–H groups in total. The fraction of sp³-hybridized carbons (Fsp3) is 0.500. The molecule has 64 valence electrons. The van der Waals surface area contributed by atoms with Crippen molar-refractivity contribution < 1.29 is 0 Å². The van der Waals surface area contributed by atoms with Crippen molar-refractivity contribution in [3.05, 3.63) is 34.9 Å². The van der Waals surface area contributed by atoms with Crippen LogP contribution < -0.4 is 0 Å². The van der Waals surface area contributed by atoms with Crippen LogP contribution in [0, 0.1) is 13.8 Å². The third-order valence-electron chi connectivity index (χ3n) is 3.19. The fourth-order valence-electron chi connectivity index (χ4n) is 1.94. The Bertz CT molecular complexity index is 282. The number of hydrogen-bond donors (Lipinski definition) is 0. The monoisotopic (exact) mass is 160 g/mol. The van der Waals surface area contributed by atoms with E-state index in [0.29, 0.717) is 0 Å². The highest BCUT2D eigenvalue weighted by atomic mass is 14.3. The molecule has 0 atom stereocenters. The zero-order chi connectivity index (χ0) is 8.55. The molecule has 2 rings (SSSR count). The van der Waals surface area contributed by atoms with Crippen LogP contribution in [0.4, 0.5) is 0 Å². The standard InChI is InChI=1S/C12H16/c1-9-5-3-8-12(10(9)2)11-6-4-7-11/h3,5,8,11H,4,6-7H2,1-2H3. The van der Waals surface area contributed by atoms with Crippen molar-refractivity contribution in [1.29, 1.82) is 0 Å². The van der Waals surface area contributed by atoms with Gasteiger partial charge in [-0.05, 0) is 49.3 Å². The van der Waals surface area contributed by atoms with Crippen molar-refractivity contribution in [2.24, 2.45) is 0 Å². The zero-order valence-corrected chi connectivity index (χ0v) is 7.93. The molecule has 12 heavy (non-hydrogen) atoms. The summed E-state index contributed by atoms with van der Waals surface area (Å²) in [5, 5.41) is 0. The van der Waals surface area contributed by atoms with E-state index >= 15 is 0 Å². The maximum absolute atomic E-state index is 2.30. The van der Waals surface area contributed by atoms with Crippen LogP contribution in [-0.2, 0) is 0 Å². The van der Waals surface area contributed by atoms with Crippen LogP contribution in [0.5, 0.6) is 0 Å². The van der Waals surface area contributed by atoms with E-state index in [0.717, 1.165) is 5.92 Å². The molecule has 0 aliphatic heterocycles. The normalized spacial score (nSPS) is 17.5. The van der Waals surface area contributed by atoms with Gasteiger partial charge in [-0.3, -0.25) is 0 Å². The van der Waals surface area contributed by atoms with Crippen LogP contribution >= 0.6 is 0 Å². The summed E-state index contributed by atoms with van der Waals surface area (Å²) in [6.45, 7) is 4.46. The average molecular weight is 160 g/mol. The van der Waals surface area contributed by atoms with Gasteiger partial charge in [0.1, 0.15) is 0 Å².